The monoisotopic (exact) mass is 574 g/mol. The maximum absolute atomic E-state index is 13.5. The number of hydrogen-bond acceptors (Lipinski definition) is 6. The molecule has 214 valence electrons. The smallest absolute Gasteiger partial charge is 0.148 e. The second kappa shape index (κ2) is 13.7. The Balaban J connectivity index is 1.23. The van der Waals surface area contributed by atoms with Crippen LogP contribution in [-0.2, 0) is 13.2 Å². The summed E-state index contributed by atoms with van der Waals surface area (Å²) in [5, 5.41) is 10.7. The van der Waals surface area contributed by atoms with Gasteiger partial charge in [-0.15, -0.1) is 0 Å². The van der Waals surface area contributed by atoms with Crippen molar-refractivity contribution in [3.63, 3.8) is 0 Å². The molecule has 3 N–H and O–H groups in total. The summed E-state index contributed by atoms with van der Waals surface area (Å²) >= 11 is 6.53. The fourth-order valence-corrected chi connectivity index (χ4v) is 5.05. The lowest BCUT2D eigenvalue weighted by Gasteiger charge is -2.24. The molecule has 5 rings (SSSR count). The molecule has 1 aromatic heterocycles. The quantitative estimate of drug-likeness (QED) is 0.153. The van der Waals surface area contributed by atoms with Crippen LogP contribution in [0, 0.1) is 5.82 Å². The summed E-state index contributed by atoms with van der Waals surface area (Å²) in [4.78, 5) is 7.05. The molecule has 0 bridgehead atoms. The van der Waals surface area contributed by atoms with Crippen molar-refractivity contribution in [3.8, 4) is 11.4 Å². The minimum absolute atomic E-state index is 0.229. The number of nitrogens with zero attached hydrogens (tertiary/aromatic N) is 3. The zero-order valence-electron chi connectivity index (χ0n) is 23.4. The number of fused-ring (bicyclic) bond motifs is 1. The van der Waals surface area contributed by atoms with E-state index in [-0.39, 0.29) is 18.6 Å². The first kappa shape index (κ1) is 28.7. The molecule has 0 saturated carbocycles. The Morgan fingerprint density at radius 2 is 1.93 bits per heavy atom. The highest BCUT2D eigenvalue weighted by Crippen LogP contribution is 2.34. The normalized spacial score (nSPS) is 14.1. The van der Waals surface area contributed by atoms with E-state index in [2.05, 4.69) is 80.9 Å². The first-order valence-electron chi connectivity index (χ1n) is 14.0. The maximum atomic E-state index is 13.5. The zero-order valence-corrected chi connectivity index (χ0v) is 24.2. The summed E-state index contributed by atoms with van der Waals surface area (Å²) < 4.78 is 21.4. The van der Waals surface area contributed by atoms with Crippen LogP contribution in [0.5, 0.6) is 5.75 Å². The molecule has 0 saturated heterocycles. The van der Waals surface area contributed by atoms with Crippen molar-refractivity contribution in [2.24, 2.45) is 4.99 Å². The van der Waals surface area contributed by atoms with E-state index >= 15 is 0 Å². The van der Waals surface area contributed by atoms with E-state index in [0.717, 1.165) is 60.9 Å². The number of ether oxygens (including phenoxy) is 1. The number of hydrogen-bond donors (Lipinski definition) is 3. The molecule has 1 unspecified atom stereocenters. The van der Waals surface area contributed by atoms with E-state index in [1.807, 2.05) is 24.3 Å². The number of aliphatic imine (C=N–C) groups is 1. The van der Waals surface area contributed by atoms with Crippen LogP contribution in [0.25, 0.3) is 5.69 Å². The largest absolute Gasteiger partial charge is 0.487 e. The van der Waals surface area contributed by atoms with Crippen molar-refractivity contribution in [1.82, 2.24) is 14.8 Å². The van der Waals surface area contributed by atoms with Gasteiger partial charge in [-0.1, -0.05) is 37.6 Å². The third-order valence-electron chi connectivity index (χ3n) is 7.17. The van der Waals surface area contributed by atoms with Gasteiger partial charge in [0.25, 0.3) is 0 Å². The fraction of sp³-hybridized carbons (Fsp3) is 0.281. The summed E-state index contributed by atoms with van der Waals surface area (Å²) in [6, 6.07) is 20.3. The van der Waals surface area contributed by atoms with Crippen LogP contribution in [-0.4, -0.2) is 42.0 Å². The maximum Gasteiger partial charge on any atom is 0.148 e. The van der Waals surface area contributed by atoms with Gasteiger partial charge < -0.3 is 30.2 Å². The van der Waals surface area contributed by atoms with Gasteiger partial charge in [0.05, 0.1) is 11.4 Å². The summed E-state index contributed by atoms with van der Waals surface area (Å²) in [5.74, 6) is 0.238. The lowest BCUT2D eigenvalue weighted by molar-refractivity contribution is 0.302. The minimum atomic E-state index is -0.293. The van der Waals surface area contributed by atoms with Gasteiger partial charge in [0, 0.05) is 54.7 Å². The molecule has 1 aliphatic rings. The Kier molecular flexibility index (Phi) is 9.56. The van der Waals surface area contributed by atoms with Gasteiger partial charge in [-0.2, -0.15) is 0 Å². The first-order chi connectivity index (χ1) is 20.0. The van der Waals surface area contributed by atoms with Crippen molar-refractivity contribution < 1.29 is 9.13 Å². The molecular formula is C32H36ClFN6O. The highest BCUT2D eigenvalue weighted by molar-refractivity contribution is 6.32. The van der Waals surface area contributed by atoms with Gasteiger partial charge >= 0.3 is 0 Å². The van der Waals surface area contributed by atoms with Crippen LogP contribution >= 0.6 is 11.6 Å². The molecule has 3 aromatic carbocycles. The number of benzene rings is 3. The van der Waals surface area contributed by atoms with Crippen LogP contribution in [0.4, 0.5) is 15.8 Å². The van der Waals surface area contributed by atoms with Gasteiger partial charge in [-0.05, 0) is 78.8 Å². The number of rotatable bonds is 13. The molecule has 0 radical (unpaired) electrons. The lowest BCUT2D eigenvalue weighted by atomic mass is 10.1. The van der Waals surface area contributed by atoms with Crippen molar-refractivity contribution >= 4 is 29.3 Å². The molecule has 41 heavy (non-hydrogen) atoms. The Morgan fingerprint density at radius 3 is 2.73 bits per heavy atom. The molecule has 0 spiro atoms. The number of halogens is 2. The highest BCUT2D eigenvalue weighted by atomic mass is 35.5. The Labute approximate surface area is 246 Å². The first-order valence-corrected chi connectivity index (χ1v) is 14.4. The summed E-state index contributed by atoms with van der Waals surface area (Å²) in [6.45, 7) is 9.62. The molecule has 1 atom stereocenters. The van der Waals surface area contributed by atoms with E-state index in [9.17, 15) is 4.39 Å². The zero-order chi connectivity index (χ0) is 28.6. The van der Waals surface area contributed by atoms with E-state index in [1.165, 1.54) is 17.7 Å². The van der Waals surface area contributed by atoms with Crippen molar-refractivity contribution in [2.75, 3.05) is 36.8 Å². The average Bonchev–Trinajstić information content (AvgIpc) is 3.46. The predicted molar refractivity (Wildman–Crippen MR) is 166 cm³/mol. The highest BCUT2D eigenvalue weighted by Gasteiger charge is 2.19. The fourth-order valence-electron chi connectivity index (χ4n) is 4.81. The Morgan fingerprint density at radius 1 is 1.05 bits per heavy atom. The van der Waals surface area contributed by atoms with Gasteiger partial charge in [0.15, 0.2) is 0 Å². The molecule has 1 aliphatic heterocycles. The summed E-state index contributed by atoms with van der Waals surface area (Å²) in [5.41, 5.74) is 5.87. The van der Waals surface area contributed by atoms with Crippen LogP contribution in [0.2, 0.25) is 5.02 Å². The second-order valence-corrected chi connectivity index (χ2v) is 10.3. The van der Waals surface area contributed by atoms with E-state index in [0.29, 0.717) is 10.8 Å². The van der Waals surface area contributed by atoms with Crippen molar-refractivity contribution in [3.05, 3.63) is 107 Å². The standard InChI is InChI=1S/C32H36ClFN6O/c1-3-39(4-2)15-13-35-19-24-12-14-40(20-24)27-9-10-30-28(18-27)32(37-22-36-30)38-26-8-11-31(29(33)17-26)41-21-23-6-5-7-25(34)16-23/h5-12,14,16-18,20,22,32,35,38H,3-4,13,15,19,21H2,1-2H3,(H,36,37). The third-order valence-corrected chi connectivity index (χ3v) is 7.47. The predicted octanol–water partition coefficient (Wildman–Crippen LogP) is 6.84. The summed E-state index contributed by atoms with van der Waals surface area (Å²) in [6.07, 6.45) is 5.66. The van der Waals surface area contributed by atoms with Gasteiger partial charge in [-0.3, -0.25) is 0 Å². The van der Waals surface area contributed by atoms with Crippen LogP contribution in [0.15, 0.2) is 84.1 Å². The minimum Gasteiger partial charge on any atom is -0.487 e. The van der Waals surface area contributed by atoms with Crippen LogP contribution < -0.4 is 20.7 Å². The van der Waals surface area contributed by atoms with E-state index in [4.69, 9.17) is 16.3 Å². The second-order valence-electron chi connectivity index (χ2n) is 9.94. The van der Waals surface area contributed by atoms with Crippen molar-refractivity contribution in [2.45, 2.75) is 33.2 Å². The van der Waals surface area contributed by atoms with Gasteiger partial charge in [0.1, 0.15) is 24.3 Å². The number of likely N-dealkylation sites (N-methyl/N-ethyl adjacent to an activating group) is 1. The molecule has 9 heteroatoms. The number of aromatic nitrogens is 1. The van der Waals surface area contributed by atoms with E-state index < -0.39 is 0 Å². The Bertz CT molecular complexity index is 1480. The lowest BCUT2D eigenvalue weighted by Crippen LogP contribution is -2.31. The van der Waals surface area contributed by atoms with E-state index in [1.54, 1.807) is 12.4 Å². The van der Waals surface area contributed by atoms with Crippen LogP contribution in [0.3, 0.4) is 0 Å². The van der Waals surface area contributed by atoms with Crippen molar-refractivity contribution in [1.29, 1.82) is 0 Å². The molecule has 7 nitrogen and oxygen atoms in total. The molecule has 0 aliphatic carbocycles. The number of nitrogens with one attached hydrogen (secondary N) is 3. The SMILES string of the molecule is CCN(CC)CCNCc1ccn(-c2ccc3c(c2)C(Nc2ccc(OCc4cccc(F)c4)c(Cl)c2)N=CN3)c1. The molecule has 2 heterocycles. The Hall–Kier alpha value is -3.85. The average molecular weight is 575 g/mol. The molecule has 0 amide bonds. The van der Waals surface area contributed by atoms with Gasteiger partial charge in [-0.25, -0.2) is 9.38 Å². The molecular weight excluding hydrogens is 539 g/mol. The van der Waals surface area contributed by atoms with Gasteiger partial charge in [0.2, 0.25) is 0 Å². The molecule has 0 fully saturated rings. The third kappa shape index (κ3) is 7.47. The topological polar surface area (TPSA) is 65.8 Å². The number of anilines is 2. The molecule has 4 aromatic rings. The van der Waals surface area contributed by atoms with Crippen LogP contribution in [0.1, 0.15) is 36.7 Å². The summed E-state index contributed by atoms with van der Waals surface area (Å²) in [7, 11) is 0.